The Morgan fingerprint density at radius 3 is 2.50 bits per heavy atom. The molecule has 0 bridgehead atoms. The van der Waals surface area contributed by atoms with Crippen LogP contribution in [0.15, 0.2) is 67.0 Å². The summed E-state index contributed by atoms with van der Waals surface area (Å²) < 4.78 is 5.78. The number of nitrogens with zero attached hydrogens (tertiary/aromatic N) is 1. The molecule has 0 aliphatic carbocycles. The first-order chi connectivity index (χ1) is 8.92. The van der Waals surface area contributed by atoms with Crippen LogP contribution in [0.4, 0.5) is 0 Å². The molecule has 2 aromatic carbocycles. The van der Waals surface area contributed by atoms with Gasteiger partial charge in [-0.3, -0.25) is 0 Å². The Balaban J connectivity index is 1.88. The summed E-state index contributed by atoms with van der Waals surface area (Å²) in [4.78, 5) is 7.30. The Morgan fingerprint density at radius 2 is 1.72 bits per heavy atom. The van der Waals surface area contributed by atoms with Crippen LogP contribution in [-0.2, 0) is 0 Å². The van der Waals surface area contributed by atoms with Crippen LogP contribution >= 0.6 is 0 Å². The molecule has 1 N–H and O–H groups in total. The molecule has 0 aliphatic rings. The molecule has 0 amide bonds. The number of para-hydroxylation sites is 1. The van der Waals surface area contributed by atoms with Crippen molar-refractivity contribution in [3.8, 4) is 22.9 Å². The first kappa shape index (κ1) is 10.6. The zero-order valence-corrected chi connectivity index (χ0v) is 9.71. The van der Waals surface area contributed by atoms with Crippen molar-refractivity contribution >= 4 is 0 Å². The zero-order valence-electron chi connectivity index (χ0n) is 9.71. The van der Waals surface area contributed by atoms with E-state index in [0.29, 0.717) is 0 Å². The molecule has 0 fully saturated rings. The van der Waals surface area contributed by atoms with Crippen molar-refractivity contribution in [2.24, 2.45) is 0 Å². The first-order valence-electron chi connectivity index (χ1n) is 5.74. The number of H-pyrrole nitrogens is 1. The second-order valence-corrected chi connectivity index (χ2v) is 3.88. The van der Waals surface area contributed by atoms with Gasteiger partial charge in [0.1, 0.15) is 17.3 Å². The topological polar surface area (TPSA) is 37.9 Å². The maximum Gasteiger partial charge on any atom is 0.137 e. The van der Waals surface area contributed by atoms with Crippen LogP contribution in [0, 0.1) is 0 Å². The fourth-order valence-electron chi connectivity index (χ4n) is 1.75. The normalized spacial score (nSPS) is 10.2. The number of nitrogens with one attached hydrogen (secondary N) is 1. The predicted octanol–water partition coefficient (Wildman–Crippen LogP) is 3.87. The highest BCUT2D eigenvalue weighted by Crippen LogP contribution is 2.25. The van der Waals surface area contributed by atoms with Gasteiger partial charge in [-0.15, -0.1) is 0 Å². The highest BCUT2D eigenvalue weighted by atomic mass is 16.5. The molecular weight excluding hydrogens is 224 g/mol. The van der Waals surface area contributed by atoms with E-state index in [2.05, 4.69) is 9.97 Å². The minimum atomic E-state index is 0.801. The average Bonchev–Trinajstić information content (AvgIpc) is 2.94. The summed E-state index contributed by atoms with van der Waals surface area (Å²) in [6, 6.07) is 17.6. The third-order valence-corrected chi connectivity index (χ3v) is 2.58. The minimum Gasteiger partial charge on any atom is -0.457 e. The van der Waals surface area contributed by atoms with E-state index in [1.54, 1.807) is 12.4 Å². The Hall–Kier alpha value is -2.55. The quantitative estimate of drug-likeness (QED) is 0.749. The number of hydrogen-bond acceptors (Lipinski definition) is 2. The summed E-state index contributed by atoms with van der Waals surface area (Å²) in [6.45, 7) is 0. The van der Waals surface area contributed by atoms with Crippen molar-refractivity contribution in [1.29, 1.82) is 0 Å². The Morgan fingerprint density at radius 1 is 0.889 bits per heavy atom. The van der Waals surface area contributed by atoms with Gasteiger partial charge in [0.2, 0.25) is 0 Å². The predicted molar refractivity (Wildman–Crippen MR) is 70.5 cm³/mol. The average molecular weight is 236 g/mol. The van der Waals surface area contributed by atoms with E-state index < -0.39 is 0 Å². The standard InChI is InChI=1S/C15H12N2O/c1-2-6-13(7-3-1)18-14-8-4-5-12(11-14)15-16-9-10-17-15/h1-11H,(H,16,17). The number of ether oxygens (including phenoxy) is 1. The highest BCUT2D eigenvalue weighted by molar-refractivity contribution is 5.57. The summed E-state index contributed by atoms with van der Waals surface area (Å²) in [5.74, 6) is 2.47. The minimum absolute atomic E-state index is 0.801. The Bertz CT molecular complexity index is 618. The summed E-state index contributed by atoms with van der Waals surface area (Å²) >= 11 is 0. The van der Waals surface area contributed by atoms with Gasteiger partial charge in [-0.2, -0.15) is 0 Å². The van der Waals surface area contributed by atoms with E-state index in [-0.39, 0.29) is 0 Å². The highest BCUT2D eigenvalue weighted by Gasteiger charge is 2.02. The van der Waals surface area contributed by atoms with E-state index in [1.807, 2.05) is 54.6 Å². The molecule has 3 rings (SSSR count). The number of hydrogen-bond donors (Lipinski definition) is 1. The van der Waals surface area contributed by atoms with Crippen molar-refractivity contribution in [2.45, 2.75) is 0 Å². The molecule has 1 heterocycles. The molecule has 0 saturated heterocycles. The van der Waals surface area contributed by atoms with Crippen LogP contribution in [0.1, 0.15) is 0 Å². The third-order valence-electron chi connectivity index (χ3n) is 2.58. The van der Waals surface area contributed by atoms with Gasteiger partial charge in [0, 0.05) is 18.0 Å². The van der Waals surface area contributed by atoms with Gasteiger partial charge in [0.15, 0.2) is 0 Å². The monoisotopic (exact) mass is 236 g/mol. The SMILES string of the molecule is c1ccc(Oc2cccc(-c3ncc[nH]3)c2)cc1. The molecule has 3 nitrogen and oxygen atoms in total. The zero-order chi connectivity index (χ0) is 12.2. The van der Waals surface area contributed by atoms with Crippen molar-refractivity contribution in [3.63, 3.8) is 0 Å². The molecule has 0 unspecified atom stereocenters. The van der Waals surface area contributed by atoms with Crippen molar-refractivity contribution in [1.82, 2.24) is 9.97 Å². The summed E-state index contributed by atoms with van der Waals surface area (Å²) in [5.41, 5.74) is 1.01. The lowest BCUT2D eigenvalue weighted by Crippen LogP contribution is -1.85. The maximum absolute atomic E-state index is 5.78. The molecule has 0 radical (unpaired) electrons. The summed E-state index contributed by atoms with van der Waals surface area (Å²) in [7, 11) is 0. The molecular formula is C15H12N2O. The smallest absolute Gasteiger partial charge is 0.137 e. The van der Waals surface area contributed by atoms with Crippen LogP contribution < -0.4 is 4.74 Å². The molecule has 0 saturated carbocycles. The number of rotatable bonds is 3. The van der Waals surface area contributed by atoms with Gasteiger partial charge in [-0.1, -0.05) is 30.3 Å². The van der Waals surface area contributed by atoms with Gasteiger partial charge < -0.3 is 9.72 Å². The van der Waals surface area contributed by atoms with Gasteiger partial charge in [0.05, 0.1) is 0 Å². The molecule has 0 spiro atoms. The molecule has 1 aromatic heterocycles. The lowest BCUT2D eigenvalue weighted by atomic mass is 10.2. The van der Waals surface area contributed by atoms with E-state index >= 15 is 0 Å². The van der Waals surface area contributed by atoms with Crippen LogP contribution in [0.5, 0.6) is 11.5 Å². The van der Waals surface area contributed by atoms with Gasteiger partial charge in [-0.05, 0) is 24.3 Å². The second-order valence-electron chi connectivity index (χ2n) is 3.88. The van der Waals surface area contributed by atoms with E-state index in [9.17, 15) is 0 Å². The van der Waals surface area contributed by atoms with E-state index in [0.717, 1.165) is 22.9 Å². The summed E-state index contributed by atoms with van der Waals surface area (Å²) in [6.07, 6.45) is 3.54. The molecule has 88 valence electrons. The van der Waals surface area contributed by atoms with Gasteiger partial charge in [-0.25, -0.2) is 4.98 Å². The Labute approximate surface area is 105 Å². The fraction of sp³-hybridized carbons (Fsp3) is 0. The van der Waals surface area contributed by atoms with E-state index in [4.69, 9.17) is 4.74 Å². The third kappa shape index (κ3) is 2.25. The first-order valence-corrected chi connectivity index (χ1v) is 5.74. The number of aromatic nitrogens is 2. The van der Waals surface area contributed by atoms with Crippen LogP contribution in [0.25, 0.3) is 11.4 Å². The lowest BCUT2D eigenvalue weighted by Gasteiger charge is -2.06. The fourth-order valence-corrected chi connectivity index (χ4v) is 1.75. The van der Waals surface area contributed by atoms with Crippen molar-refractivity contribution in [3.05, 3.63) is 67.0 Å². The molecule has 3 aromatic rings. The maximum atomic E-state index is 5.78. The number of benzene rings is 2. The van der Waals surface area contributed by atoms with Crippen molar-refractivity contribution in [2.75, 3.05) is 0 Å². The van der Waals surface area contributed by atoms with Crippen LogP contribution in [-0.4, -0.2) is 9.97 Å². The van der Waals surface area contributed by atoms with Gasteiger partial charge in [0.25, 0.3) is 0 Å². The molecule has 0 aliphatic heterocycles. The van der Waals surface area contributed by atoms with Crippen LogP contribution in [0.2, 0.25) is 0 Å². The second kappa shape index (κ2) is 4.75. The lowest BCUT2D eigenvalue weighted by molar-refractivity contribution is 0.483. The van der Waals surface area contributed by atoms with Gasteiger partial charge >= 0.3 is 0 Å². The summed E-state index contributed by atoms with van der Waals surface area (Å²) in [5, 5.41) is 0. The molecule has 3 heteroatoms. The molecule has 18 heavy (non-hydrogen) atoms. The Kier molecular flexibility index (Phi) is 2.80. The molecule has 0 atom stereocenters. The number of aromatic amines is 1. The van der Waals surface area contributed by atoms with Crippen LogP contribution in [0.3, 0.4) is 0 Å². The number of imidazole rings is 1. The largest absolute Gasteiger partial charge is 0.457 e. The van der Waals surface area contributed by atoms with E-state index in [1.165, 1.54) is 0 Å². The van der Waals surface area contributed by atoms with Crippen molar-refractivity contribution < 1.29 is 4.74 Å².